The Morgan fingerprint density at radius 1 is 1.11 bits per heavy atom. The van der Waals surface area contributed by atoms with Gasteiger partial charge in [-0.15, -0.1) is 0 Å². The molecular formula is C8H6Sb. The molecule has 1 aliphatic carbocycles. The second-order valence-electron chi connectivity index (χ2n) is 2.03. The molecule has 0 fully saturated rings. The molecule has 9 heavy (non-hydrogen) atoms. The van der Waals surface area contributed by atoms with Gasteiger partial charge in [0.1, 0.15) is 0 Å². The summed E-state index contributed by atoms with van der Waals surface area (Å²) >= 11 is -0.0621. The molecule has 0 atom stereocenters. The molecule has 1 heterocycles. The molecule has 0 nitrogen and oxygen atoms in total. The Labute approximate surface area is 65.0 Å². The van der Waals surface area contributed by atoms with Crippen LogP contribution in [0.4, 0.5) is 0 Å². The molecule has 2 rings (SSSR count). The Hall–Kier alpha value is -0.0918. The van der Waals surface area contributed by atoms with Crippen LogP contribution in [0.3, 0.4) is 0 Å². The Morgan fingerprint density at radius 3 is 3.00 bits per heavy atom. The van der Waals surface area contributed by atoms with E-state index in [4.69, 9.17) is 0 Å². The average molecular weight is 224 g/mol. The summed E-state index contributed by atoms with van der Waals surface area (Å²) in [5, 5.41) is 0. The van der Waals surface area contributed by atoms with Crippen molar-refractivity contribution in [3.05, 3.63) is 39.8 Å². The van der Waals surface area contributed by atoms with Crippen LogP contribution in [0.25, 0.3) is 0 Å². The molecule has 0 saturated carbocycles. The number of hydrogen-bond donors (Lipinski definition) is 0. The van der Waals surface area contributed by atoms with Crippen molar-refractivity contribution in [1.82, 2.24) is 0 Å². The number of rotatable bonds is 0. The fraction of sp³-hybridized carbons (Fsp3) is 0. The van der Waals surface area contributed by atoms with Crippen LogP contribution in [0.1, 0.15) is 0 Å². The molecule has 0 aromatic rings. The summed E-state index contributed by atoms with van der Waals surface area (Å²) < 4.78 is 4.73. The van der Waals surface area contributed by atoms with Crippen molar-refractivity contribution >= 4 is 25.1 Å². The number of hydrogen-bond acceptors (Lipinski definition) is 0. The van der Waals surface area contributed by atoms with Gasteiger partial charge in [-0.3, -0.25) is 0 Å². The molecule has 2 aliphatic rings. The van der Waals surface area contributed by atoms with E-state index in [0.717, 1.165) is 0 Å². The van der Waals surface area contributed by atoms with Crippen molar-refractivity contribution in [3.63, 3.8) is 0 Å². The van der Waals surface area contributed by atoms with Gasteiger partial charge >= 0.3 is 64.9 Å². The second kappa shape index (κ2) is 2.27. The van der Waals surface area contributed by atoms with Gasteiger partial charge in [0.2, 0.25) is 0 Å². The van der Waals surface area contributed by atoms with Crippen LogP contribution in [0.15, 0.2) is 35.5 Å². The van der Waals surface area contributed by atoms with Crippen molar-refractivity contribution in [2.24, 2.45) is 0 Å². The molecule has 0 N–H and O–H groups in total. The van der Waals surface area contributed by atoms with Gasteiger partial charge in [-0.2, -0.15) is 0 Å². The molecule has 0 aromatic carbocycles. The summed E-state index contributed by atoms with van der Waals surface area (Å²) in [5.41, 5.74) is 2.85. The molecule has 43 valence electrons. The summed E-state index contributed by atoms with van der Waals surface area (Å²) in [4.78, 5) is 0. The van der Waals surface area contributed by atoms with Crippen LogP contribution in [-0.2, 0) is 0 Å². The van der Waals surface area contributed by atoms with E-state index < -0.39 is 0 Å². The summed E-state index contributed by atoms with van der Waals surface area (Å²) in [6.07, 6.45) is 8.71. The molecule has 0 unspecified atom stereocenters. The molecule has 0 saturated heterocycles. The zero-order valence-corrected chi connectivity index (χ0v) is 7.46. The monoisotopic (exact) mass is 223 g/mol. The van der Waals surface area contributed by atoms with E-state index in [9.17, 15) is 0 Å². The van der Waals surface area contributed by atoms with Gasteiger partial charge in [0.15, 0.2) is 0 Å². The maximum atomic E-state index is 2.40. The Morgan fingerprint density at radius 2 is 2.11 bits per heavy atom. The van der Waals surface area contributed by atoms with E-state index in [1.807, 2.05) is 0 Å². The Bertz CT molecular complexity index is 241. The van der Waals surface area contributed by atoms with Crippen LogP contribution < -0.4 is 0 Å². The zero-order valence-electron chi connectivity index (χ0n) is 4.91. The standard InChI is InChI=1S/C8H6.Sb/c1-3-8-6-4-5-7(8)2;/h1-6H;. The van der Waals surface area contributed by atoms with Gasteiger partial charge in [-0.25, -0.2) is 0 Å². The predicted octanol–water partition coefficient (Wildman–Crippen LogP) is 1.09. The quantitative estimate of drug-likeness (QED) is 0.540. The third-order valence-electron chi connectivity index (χ3n) is 1.44. The summed E-state index contributed by atoms with van der Waals surface area (Å²) in [7, 11) is 0. The Balaban J connectivity index is 2.46. The molecule has 1 aliphatic heterocycles. The molecule has 1 heteroatoms. The summed E-state index contributed by atoms with van der Waals surface area (Å²) in [6, 6.07) is 0. The van der Waals surface area contributed by atoms with Crippen LogP contribution in [-0.4, -0.2) is 25.1 Å². The topological polar surface area (TPSA) is 0 Å². The summed E-state index contributed by atoms with van der Waals surface area (Å²) in [6.45, 7) is 0. The van der Waals surface area contributed by atoms with Gasteiger partial charge in [0, 0.05) is 0 Å². The number of allylic oxidation sites excluding steroid dienone is 6. The van der Waals surface area contributed by atoms with E-state index in [-0.39, 0.29) is 21.1 Å². The van der Waals surface area contributed by atoms with Crippen LogP contribution in [0.2, 0.25) is 0 Å². The maximum absolute atomic E-state index is 2.40. The first kappa shape index (κ1) is 5.67. The third kappa shape index (κ3) is 0.966. The van der Waals surface area contributed by atoms with Crippen LogP contribution in [0, 0.1) is 4.37 Å². The zero-order chi connectivity index (χ0) is 6.10. The molecule has 0 bridgehead atoms. The van der Waals surface area contributed by atoms with Crippen LogP contribution in [0.5, 0.6) is 0 Å². The van der Waals surface area contributed by atoms with Gasteiger partial charge in [0.25, 0.3) is 0 Å². The van der Waals surface area contributed by atoms with Crippen molar-refractivity contribution < 1.29 is 0 Å². The minimum absolute atomic E-state index is 0.0621. The summed E-state index contributed by atoms with van der Waals surface area (Å²) in [5.74, 6) is 0. The second-order valence-corrected chi connectivity index (χ2v) is 4.47. The van der Waals surface area contributed by atoms with Crippen molar-refractivity contribution in [2.75, 3.05) is 0 Å². The fourth-order valence-electron chi connectivity index (χ4n) is 0.964. The Kier molecular flexibility index (Phi) is 1.43. The molecule has 0 amide bonds. The molecule has 1 radical (unpaired) electrons. The first-order chi connectivity index (χ1) is 4.47. The van der Waals surface area contributed by atoms with E-state index in [1.165, 1.54) is 11.1 Å². The first-order valence-electron chi connectivity index (χ1n) is 2.92. The normalized spacial score (nSPS) is 21.3. The van der Waals surface area contributed by atoms with Gasteiger partial charge in [0.05, 0.1) is 0 Å². The first-order valence-corrected chi connectivity index (χ1v) is 5.87. The van der Waals surface area contributed by atoms with Crippen molar-refractivity contribution in [3.8, 4) is 0 Å². The van der Waals surface area contributed by atoms with E-state index in [2.05, 4.69) is 32.6 Å². The average Bonchev–Trinajstić information content (AvgIpc) is 2.33. The minimum atomic E-state index is -0.0621. The van der Waals surface area contributed by atoms with Crippen LogP contribution >= 0.6 is 0 Å². The van der Waals surface area contributed by atoms with E-state index >= 15 is 0 Å². The SMILES string of the molecule is [CH]1[Sb]=[CH]C=C2C=CC=C12. The van der Waals surface area contributed by atoms with Gasteiger partial charge < -0.3 is 0 Å². The third-order valence-corrected chi connectivity index (χ3v) is 3.57. The van der Waals surface area contributed by atoms with E-state index in [0.29, 0.717) is 0 Å². The number of fused-ring (bicyclic) bond motifs is 1. The molecule has 0 spiro atoms. The van der Waals surface area contributed by atoms with Crippen molar-refractivity contribution in [2.45, 2.75) is 0 Å². The predicted molar refractivity (Wildman–Crippen MR) is 41.4 cm³/mol. The van der Waals surface area contributed by atoms with Gasteiger partial charge in [-0.1, -0.05) is 0 Å². The van der Waals surface area contributed by atoms with Crippen molar-refractivity contribution in [1.29, 1.82) is 0 Å². The van der Waals surface area contributed by atoms with E-state index in [1.54, 1.807) is 0 Å². The van der Waals surface area contributed by atoms with Gasteiger partial charge in [-0.05, 0) is 0 Å². The fourth-order valence-corrected chi connectivity index (χ4v) is 3.04. The molecule has 0 aromatic heterocycles. The molecular weight excluding hydrogens is 218 g/mol.